The molecule has 1 nitrogen and oxygen atoms in total. The van der Waals surface area contributed by atoms with Gasteiger partial charge in [0.15, 0.2) is 5.78 Å². The summed E-state index contributed by atoms with van der Waals surface area (Å²) in [5.41, 5.74) is 3.76. The van der Waals surface area contributed by atoms with Crippen LogP contribution < -0.4 is 0 Å². The van der Waals surface area contributed by atoms with E-state index in [1.54, 1.807) is 0 Å². The predicted octanol–water partition coefficient (Wildman–Crippen LogP) is 4.37. The Bertz CT molecular complexity index is 692. The first-order valence-corrected chi connectivity index (χ1v) is 8.85. The molecule has 0 aromatic heterocycles. The summed E-state index contributed by atoms with van der Waals surface area (Å²) >= 11 is 1.81. The summed E-state index contributed by atoms with van der Waals surface area (Å²) in [6.45, 7) is 0. The zero-order valence-corrected chi connectivity index (χ0v) is 13.4. The van der Waals surface area contributed by atoms with Gasteiger partial charge in [0, 0.05) is 23.0 Å². The number of benzene rings is 2. The van der Waals surface area contributed by atoms with Gasteiger partial charge in [-0.3, -0.25) is 4.79 Å². The van der Waals surface area contributed by atoms with Crippen molar-refractivity contribution in [1.82, 2.24) is 0 Å². The van der Waals surface area contributed by atoms with E-state index in [4.69, 9.17) is 6.42 Å². The van der Waals surface area contributed by atoms with Gasteiger partial charge in [-0.25, -0.2) is 0 Å². The van der Waals surface area contributed by atoms with Crippen molar-refractivity contribution in [2.75, 3.05) is 12.0 Å². The molecule has 0 saturated heterocycles. The highest BCUT2D eigenvalue weighted by molar-refractivity contribution is 7.98. The highest BCUT2D eigenvalue weighted by atomic mass is 32.2. The first-order chi connectivity index (χ1) is 10.8. The van der Waals surface area contributed by atoms with E-state index in [9.17, 15) is 4.79 Å². The molecule has 0 bridgehead atoms. The van der Waals surface area contributed by atoms with Crippen LogP contribution in [0.5, 0.6) is 0 Å². The summed E-state index contributed by atoms with van der Waals surface area (Å²) in [7, 11) is 0. The number of fused-ring (bicyclic) bond motifs is 2. The van der Waals surface area contributed by atoms with E-state index in [0.29, 0.717) is 0 Å². The number of ketones is 1. The molecule has 0 aliphatic heterocycles. The van der Waals surface area contributed by atoms with Crippen LogP contribution in [0.1, 0.15) is 39.4 Å². The maximum atomic E-state index is 12.7. The molecule has 0 N–H and O–H groups in total. The molecule has 2 aromatic rings. The van der Waals surface area contributed by atoms with Crippen molar-refractivity contribution in [2.45, 2.75) is 12.3 Å². The Hall–Kier alpha value is -1.98. The van der Waals surface area contributed by atoms with Gasteiger partial charge in [-0.15, -0.1) is 12.3 Å². The topological polar surface area (TPSA) is 17.1 Å². The van der Waals surface area contributed by atoms with E-state index in [-0.39, 0.29) is 17.6 Å². The van der Waals surface area contributed by atoms with Crippen LogP contribution in [0.2, 0.25) is 0 Å². The number of hydrogen-bond donors (Lipinski definition) is 0. The van der Waals surface area contributed by atoms with Crippen molar-refractivity contribution < 1.29 is 4.79 Å². The second-order valence-corrected chi connectivity index (χ2v) is 6.52. The first-order valence-electron chi connectivity index (χ1n) is 7.45. The van der Waals surface area contributed by atoms with E-state index in [1.807, 2.05) is 48.2 Å². The van der Waals surface area contributed by atoms with Crippen molar-refractivity contribution in [3.8, 4) is 12.3 Å². The van der Waals surface area contributed by atoms with E-state index >= 15 is 0 Å². The lowest BCUT2D eigenvalue weighted by Crippen LogP contribution is -2.24. The van der Waals surface area contributed by atoms with Gasteiger partial charge in [-0.05, 0) is 29.6 Å². The molecule has 3 rings (SSSR count). The predicted molar refractivity (Wildman–Crippen MR) is 93.5 cm³/mol. The average Bonchev–Trinajstić information content (AvgIpc) is 2.58. The van der Waals surface area contributed by atoms with Gasteiger partial charge in [0.1, 0.15) is 0 Å². The summed E-state index contributed by atoms with van der Waals surface area (Å²) in [5.74, 6) is 4.35. The van der Waals surface area contributed by atoms with Crippen molar-refractivity contribution in [2.24, 2.45) is 5.92 Å². The van der Waals surface area contributed by atoms with Gasteiger partial charge in [-0.1, -0.05) is 48.5 Å². The number of terminal acetylenes is 1. The zero-order chi connectivity index (χ0) is 15.5. The molecular weight excluding hydrogens is 288 g/mol. The normalized spacial score (nSPS) is 14.8. The third-order valence-corrected chi connectivity index (χ3v) is 4.97. The lowest BCUT2D eigenvalue weighted by molar-refractivity contribution is 0.103. The largest absolute Gasteiger partial charge is 0.289 e. The standard InChI is InChI=1S/C20H18OS/c1-3-14(12-13-22-2)19-15-8-4-6-10-17(15)20(21)18-11-7-5-9-16(18)19/h1,4-11,14,19H,12-13H2,2H3/t14-/m1/s1. The molecule has 2 heteroatoms. The highest BCUT2D eigenvalue weighted by Gasteiger charge is 2.34. The molecule has 2 aromatic carbocycles. The smallest absolute Gasteiger partial charge is 0.193 e. The van der Waals surface area contributed by atoms with E-state index in [0.717, 1.165) is 34.4 Å². The second kappa shape index (κ2) is 6.42. The second-order valence-electron chi connectivity index (χ2n) is 5.54. The molecular formula is C20H18OS. The Morgan fingerprint density at radius 3 is 2.14 bits per heavy atom. The molecule has 0 amide bonds. The lowest BCUT2D eigenvalue weighted by atomic mass is 9.71. The quantitative estimate of drug-likeness (QED) is 0.780. The molecule has 0 fully saturated rings. The van der Waals surface area contributed by atoms with Gasteiger partial charge in [0.25, 0.3) is 0 Å². The van der Waals surface area contributed by atoms with Gasteiger partial charge in [0.2, 0.25) is 0 Å². The molecule has 22 heavy (non-hydrogen) atoms. The average molecular weight is 306 g/mol. The van der Waals surface area contributed by atoms with Crippen molar-refractivity contribution in [3.63, 3.8) is 0 Å². The van der Waals surface area contributed by atoms with Gasteiger partial charge >= 0.3 is 0 Å². The van der Waals surface area contributed by atoms with Crippen LogP contribution in [0.3, 0.4) is 0 Å². The molecule has 0 heterocycles. The third-order valence-electron chi connectivity index (χ3n) is 4.33. The Balaban J connectivity index is 2.15. The SMILES string of the molecule is C#C[C@H](CCSC)C1c2ccccc2C(=O)c2ccccc21. The fourth-order valence-corrected chi connectivity index (χ4v) is 3.78. The van der Waals surface area contributed by atoms with Gasteiger partial charge in [-0.2, -0.15) is 11.8 Å². The van der Waals surface area contributed by atoms with Crippen LogP contribution in [0.15, 0.2) is 48.5 Å². The Labute approximate surface area is 136 Å². The summed E-state index contributed by atoms with van der Waals surface area (Å²) in [6.07, 6.45) is 8.90. The van der Waals surface area contributed by atoms with Crippen molar-refractivity contribution in [1.29, 1.82) is 0 Å². The Morgan fingerprint density at radius 1 is 1.09 bits per heavy atom. The highest BCUT2D eigenvalue weighted by Crippen LogP contribution is 2.42. The van der Waals surface area contributed by atoms with Crippen molar-refractivity contribution >= 4 is 17.5 Å². The van der Waals surface area contributed by atoms with E-state index < -0.39 is 0 Å². The van der Waals surface area contributed by atoms with E-state index in [1.165, 1.54) is 0 Å². The first kappa shape index (κ1) is 14.9. The molecule has 0 radical (unpaired) electrons. The molecule has 110 valence electrons. The Morgan fingerprint density at radius 2 is 1.64 bits per heavy atom. The van der Waals surface area contributed by atoms with Crippen LogP contribution in [0.25, 0.3) is 0 Å². The molecule has 1 atom stereocenters. The molecule has 0 unspecified atom stereocenters. The number of carbonyl (C=O) groups is 1. The minimum absolute atomic E-state index is 0.113. The maximum Gasteiger partial charge on any atom is 0.193 e. The van der Waals surface area contributed by atoms with Gasteiger partial charge < -0.3 is 0 Å². The minimum Gasteiger partial charge on any atom is -0.289 e. The maximum absolute atomic E-state index is 12.7. The molecule has 1 aliphatic carbocycles. The molecule has 1 aliphatic rings. The molecule has 0 saturated carbocycles. The number of hydrogen-bond acceptors (Lipinski definition) is 2. The summed E-state index contributed by atoms with van der Waals surface area (Å²) < 4.78 is 0. The third kappa shape index (κ3) is 2.46. The zero-order valence-electron chi connectivity index (χ0n) is 12.6. The number of carbonyl (C=O) groups excluding carboxylic acids is 1. The van der Waals surface area contributed by atoms with Crippen LogP contribution in [-0.4, -0.2) is 17.8 Å². The van der Waals surface area contributed by atoms with Crippen LogP contribution in [0.4, 0.5) is 0 Å². The lowest BCUT2D eigenvalue weighted by Gasteiger charge is -2.31. The fourth-order valence-electron chi connectivity index (χ4n) is 3.29. The number of thioether (sulfide) groups is 1. The summed E-state index contributed by atoms with van der Waals surface area (Å²) in [6, 6.07) is 15.8. The van der Waals surface area contributed by atoms with Gasteiger partial charge in [0.05, 0.1) is 0 Å². The Kier molecular flexibility index (Phi) is 4.36. The fraction of sp³-hybridized carbons (Fsp3) is 0.250. The minimum atomic E-state index is 0.113. The monoisotopic (exact) mass is 306 g/mol. The summed E-state index contributed by atoms with van der Waals surface area (Å²) in [4.78, 5) is 12.7. The van der Waals surface area contributed by atoms with Crippen LogP contribution in [0, 0.1) is 18.3 Å². The molecule has 0 spiro atoms. The number of rotatable bonds is 4. The van der Waals surface area contributed by atoms with Crippen molar-refractivity contribution in [3.05, 3.63) is 70.8 Å². The summed E-state index contributed by atoms with van der Waals surface area (Å²) in [5, 5.41) is 0. The van der Waals surface area contributed by atoms with Crippen LogP contribution >= 0.6 is 11.8 Å². The van der Waals surface area contributed by atoms with E-state index in [2.05, 4.69) is 24.3 Å². The van der Waals surface area contributed by atoms with Crippen LogP contribution in [-0.2, 0) is 0 Å².